The van der Waals surface area contributed by atoms with E-state index in [1.54, 1.807) is 12.1 Å². The first kappa shape index (κ1) is 14.0. The van der Waals surface area contributed by atoms with Gasteiger partial charge in [0.1, 0.15) is 0 Å². The molecule has 0 atom stereocenters. The molecule has 2 N–H and O–H groups in total. The maximum absolute atomic E-state index is 13.3. The van der Waals surface area contributed by atoms with Crippen LogP contribution in [0.4, 0.5) is 10.1 Å². The highest BCUT2D eigenvalue weighted by Crippen LogP contribution is 2.09. The van der Waals surface area contributed by atoms with Crippen molar-refractivity contribution < 1.29 is 4.39 Å². The lowest BCUT2D eigenvalue weighted by molar-refractivity contribution is 0.626. The lowest BCUT2D eigenvalue weighted by Gasteiger charge is -2.07. The second-order valence-electron chi connectivity index (χ2n) is 4.07. The maximum Gasteiger partial charge on any atom is 0.191 e. The molecule has 20 heavy (non-hydrogen) atoms. The Hall–Kier alpha value is -2.45. The minimum absolute atomic E-state index is 0.314. The van der Waals surface area contributed by atoms with E-state index in [1.165, 1.54) is 6.21 Å². The lowest BCUT2D eigenvalue weighted by atomic mass is 10.2. The van der Waals surface area contributed by atoms with Crippen LogP contribution in [0.2, 0.25) is 0 Å². The lowest BCUT2D eigenvalue weighted by Crippen LogP contribution is -2.23. The summed E-state index contributed by atoms with van der Waals surface area (Å²) in [5, 5.41) is 7.18. The Morgan fingerprint density at radius 1 is 1.40 bits per heavy atom. The van der Waals surface area contributed by atoms with Crippen LogP contribution in [0.1, 0.15) is 11.1 Å². The molecule has 0 bridgehead atoms. The number of aryl methyl sites for hydroxylation is 1. The van der Waals surface area contributed by atoms with Crippen molar-refractivity contribution in [2.75, 3.05) is 5.32 Å². The van der Waals surface area contributed by atoms with Gasteiger partial charge in [0, 0.05) is 11.3 Å². The number of rotatable bonds is 3. The quantitative estimate of drug-likeness (QED) is 0.517. The normalized spacial score (nSPS) is 10.1. The standard InChI is InChI=1S/C15H12FN3S/c1-11-5-4-7-13(9-11)18-15(20)19-17-10-12-6-2-3-8-14(12)16/h2,4-7,9-10H,1H3,(H2,18,19,20). The van der Waals surface area contributed by atoms with E-state index in [0.29, 0.717) is 10.7 Å². The Balaban J connectivity index is 1.91. The fourth-order valence-corrected chi connectivity index (χ4v) is 1.69. The molecular formula is C15H12FN3S. The fraction of sp³-hybridized carbons (Fsp3) is 0.0667. The molecule has 0 fully saturated rings. The fourth-order valence-electron chi connectivity index (χ4n) is 1.52. The van der Waals surface area contributed by atoms with Crippen LogP contribution in [0.5, 0.6) is 0 Å². The molecule has 0 aliphatic heterocycles. The third-order valence-electron chi connectivity index (χ3n) is 2.43. The summed E-state index contributed by atoms with van der Waals surface area (Å²) in [6.07, 6.45) is 1.34. The maximum atomic E-state index is 13.3. The number of hydrogen-bond donors (Lipinski definition) is 2. The van der Waals surface area contributed by atoms with Crippen molar-refractivity contribution in [2.24, 2.45) is 5.10 Å². The first-order chi connectivity index (χ1) is 9.65. The van der Waals surface area contributed by atoms with Crippen molar-refractivity contribution in [3.63, 3.8) is 0 Å². The van der Waals surface area contributed by atoms with Gasteiger partial charge in [-0.3, -0.25) is 5.43 Å². The molecule has 2 aromatic rings. The van der Waals surface area contributed by atoms with E-state index in [0.717, 1.165) is 11.3 Å². The van der Waals surface area contributed by atoms with Gasteiger partial charge in [-0.25, -0.2) is 0 Å². The largest absolute Gasteiger partial charge is 0.331 e. The molecule has 0 aromatic heterocycles. The van der Waals surface area contributed by atoms with Crippen molar-refractivity contribution in [3.05, 3.63) is 65.5 Å². The van der Waals surface area contributed by atoms with Crippen LogP contribution in [-0.2, 0) is 0 Å². The number of hydrazone groups is 1. The Labute approximate surface area is 122 Å². The van der Waals surface area contributed by atoms with Gasteiger partial charge >= 0.3 is 0 Å². The van der Waals surface area contributed by atoms with Gasteiger partial charge in [0.05, 0.1) is 6.21 Å². The number of thiocarbonyl (C=S) groups is 1. The average Bonchev–Trinajstić information content (AvgIpc) is 2.41. The van der Waals surface area contributed by atoms with Gasteiger partial charge < -0.3 is 5.32 Å². The van der Waals surface area contributed by atoms with E-state index in [1.807, 2.05) is 31.2 Å². The summed E-state index contributed by atoms with van der Waals surface area (Å²) in [6, 6.07) is 15.7. The topological polar surface area (TPSA) is 36.4 Å². The summed E-state index contributed by atoms with van der Waals surface area (Å²) in [4.78, 5) is 0. The van der Waals surface area contributed by atoms with E-state index >= 15 is 0 Å². The monoisotopic (exact) mass is 285 g/mol. The van der Waals surface area contributed by atoms with Gasteiger partial charge in [0.25, 0.3) is 0 Å². The highest BCUT2D eigenvalue weighted by atomic mass is 32.1. The zero-order chi connectivity index (χ0) is 14.4. The van der Waals surface area contributed by atoms with Gasteiger partial charge in [0.15, 0.2) is 10.9 Å². The zero-order valence-electron chi connectivity index (χ0n) is 10.8. The molecule has 2 rings (SSSR count). The zero-order valence-corrected chi connectivity index (χ0v) is 11.6. The van der Waals surface area contributed by atoms with E-state index < -0.39 is 5.82 Å². The highest BCUT2D eigenvalue weighted by Gasteiger charge is 1.97. The average molecular weight is 285 g/mol. The van der Waals surface area contributed by atoms with Crippen LogP contribution >= 0.6 is 12.2 Å². The summed E-state index contributed by atoms with van der Waals surface area (Å²) in [5.41, 5.74) is 4.93. The Kier molecular flexibility index (Phi) is 4.64. The smallest absolute Gasteiger partial charge is 0.191 e. The van der Waals surface area contributed by atoms with Crippen molar-refractivity contribution in [2.45, 2.75) is 6.92 Å². The van der Waals surface area contributed by atoms with Crippen LogP contribution in [0.3, 0.4) is 0 Å². The van der Waals surface area contributed by atoms with Gasteiger partial charge in [-0.15, -0.1) is 0 Å². The summed E-state index contributed by atoms with van der Waals surface area (Å²) in [7, 11) is 0. The van der Waals surface area contributed by atoms with E-state index in [-0.39, 0.29) is 0 Å². The SMILES string of the molecule is Cc1cccc(NC(=S)NN=Cc2ccc#cc2F)c1. The molecule has 0 heterocycles. The molecule has 0 radical (unpaired) electrons. The Bertz CT molecular complexity index is 641. The second kappa shape index (κ2) is 6.64. The number of benzene rings is 1. The summed E-state index contributed by atoms with van der Waals surface area (Å²) in [5.74, 6) is -0.504. The molecule has 0 spiro atoms. The number of halogens is 1. The first-order valence-electron chi connectivity index (χ1n) is 5.90. The van der Waals surface area contributed by atoms with Crippen LogP contribution < -0.4 is 10.7 Å². The van der Waals surface area contributed by atoms with Crippen LogP contribution in [-0.4, -0.2) is 11.3 Å². The number of hydrogen-bond acceptors (Lipinski definition) is 2. The summed E-state index contributed by atoms with van der Waals surface area (Å²) < 4.78 is 13.3. The van der Waals surface area contributed by atoms with Crippen molar-refractivity contribution >= 4 is 29.2 Å². The van der Waals surface area contributed by atoms with E-state index in [9.17, 15) is 4.39 Å². The molecular weight excluding hydrogens is 273 g/mol. The number of nitrogens with zero attached hydrogens (tertiary/aromatic N) is 1. The third-order valence-corrected chi connectivity index (χ3v) is 2.62. The minimum atomic E-state index is -0.504. The Morgan fingerprint density at radius 2 is 2.25 bits per heavy atom. The number of anilines is 1. The van der Waals surface area contributed by atoms with Gasteiger partial charge in [-0.05, 0) is 55.0 Å². The first-order valence-corrected chi connectivity index (χ1v) is 6.30. The van der Waals surface area contributed by atoms with Crippen molar-refractivity contribution in [1.82, 2.24) is 5.43 Å². The molecule has 0 saturated heterocycles. The molecule has 0 saturated carbocycles. The van der Waals surface area contributed by atoms with Crippen LogP contribution in [0, 0.1) is 24.9 Å². The van der Waals surface area contributed by atoms with Gasteiger partial charge in [0.2, 0.25) is 0 Å². The van der Waals surface area contributed by atoms with Crippen LogP contribution in [0.25, 0.3) is 0 Å². The third kappa shape index (κ3) is 4.04. The molecule has 0 unspecified atom stereocenters. The molecule has 0 aliphatic carbocycles. The van der Waals surface area contributed by atoms with E-state index in [2.05, 4.69) is 28.0 Å². The van der Waals surface area contributed by atoms with Crippen molar-refractivity contribution in [1.29, 1.82) is 0 Å². The summed E-state index contributed by atoms with van der Waals surface area (Å²) >= 11 is 5.08. The molecule has 2 aromatic carbocycles. The Morgan fingerprint density at radius 3 is 3.00 bits per heavy atom. The molecule has 5 heteroatoms. The molecule has 3 nitrogen and oxygen atoms in total. The van der Waals surface area contributed by atoms with E-state index in [4.69, 9.17) is 12.2 Å². The predicted octanol–water partition coefficient (Wildman–Crippen LogP) is 3.06. The number of nitrogens with one attached hydrogen (secondary N) is 2. The van der Waals surface area contributed by atoms with Gasteiger partial charge in [-0.1, -0.05) is 18.2 Å². The predicted molar refractivity (Wildman–Crippen MR) is 82.2 cm³/mol. The molecule has 0 aliphatic rings. The highest BCUT2D eigenvalue weighted by molar-refractivity contribution is 7.80. The summed E-state index contributed by atoms with van der Waals surface area (Å²) in [6.45, 7) is 1.99. The molecule has 0 amide bonds. The molecule has 100 valence electrons. The second-order valence-corrected chi connectivity index (χ2v) is 4.47. The van der Waals surface area contributed by atoms with Gasteiger partial charge in [-0.2, -0.15) is 9.49 Å². The van der Waals surface area contributed by atoms with Crippen molar-refractivity contribution in [3.8, 4) is 0 Å². The van der Waals surface area contributed by atoms with Crippen LogP contribution in [0.15, 0.2) is 41.5 Å². The minimum Gasteiger partial charge on any atom is -0.331 e.